The first-order chi connectivity index (χ1) is 23.2. The van der Waals surface area contributed by atoms with E-state index in [1.807, 2.05) is 26.0 Å². The summed E-state index contributed by atoms with van der Waals surface area (Å²) in [6, 6.07) is 11.7. The van der Waals surface area contributed by atoms with Crippen molar-refractivity contribution in [3.05, 3.63) is 76.9 Å². The van der Waals surface area contributed by atoms with Gasteiger partial charge in [-0.2, -0.15) is 0 Å². The van der Waals surface area contributed by atoms with E-state index in [1.54, 1.807) is 59.3 Å². The van der Waals surface area contributed by atoms with Crippen molar-refractivity contribution in [1.82, 2.24) is 4.90 Å². The minimum atomic E-state index is -3.51. The number of fused-ring (bicyclic) bond motifs is 2. The molecule has 0 unspecified atom stereocenters. The van der Waals surface area contributed by atoms with Gasteiger partial charge >= 0.3 is 0 Å². The minimum absolute atomic E-state index is 0.0762. The first-order valence-corrected chi connectivity index (χ1v) is 20.3. The van der Waals surface area contributed by atoms with Gasteiger partial charge in [-0.3, -0.25) is 14.4 Å². The Morgan fingerprint density at radius 1 is 1.14 bits per heavy atom. The van der Waals surface area contributed by atoms with Crippen LogP contribution in [0.15, 0.2) is 65.8 Å². The van der Waals surface area contributed by atoms with Crippen LogP contribution in [0.1, 0.15) is 75.7 Å². The molecule has 2 aromatic rings. The second kappa shape index (κ2) is 14.6. The Labute approximate surface area is 290 Å². The number of nitrogens with one attached hydrogen (secondary N) is 1. The Morgan fingerprint density at radius 3 is 2.51 bits per heavy atom. The fourth-order valence-electron chi connectivity index (χ4n) is 7.93. The highest BCUT2D eigenvalue weighted by atomic mass is 28.4. The quantitative estimate of drug-likeness (QED) is 0.104. The number of carbonyl (C=O) groups is 3. The lowest BCUT2D eigenvalue weighted by Gasteiger charge is -2.31. The van der Waals surface area contributed by atoms with E-state index < -0.39 is 31.6 Å². The van der Waals surface area contributed by atoms with Crippen LogP contribution >= 0.6 is 0 Å². The predicted molar refractivity (Wildman–Crippen MR) is 195 cm³/mol. The lowest BCUT2D eigenvalue weighted by molar-refractivity contribution is -0.149. The van der Waals surface area contributed by atoms with Gasteiger partial charge in [-0.05, 0) is 102 Å². The molecule has 3 aliphatic rings. The minimum Gasteiger partial charge on any atom is -0.399 e. The average molecular weight is 691 g/mol. The van der Waals surface area contributed by atoms with Crippen LogP contribution in [0.2, 0.25) is 18.6 Å². The second-order valence-electron chi connectivity index (χ2n) is 14.6. The number of hydrogen-bond acceptors (Lipinski definition) is 6. The summed E-state index contributed by atoms with van der Waals surface area (Å²) in [4.78, 5) is 45.0. The number of rotatable bonds is 11. The summed E-state index contributed by atoms with van der Waals surface area (Å²) >= 11 is 0. The number of carbonyl (C=O) groups excluding carboxylic acids is 3. The number of nitrogens with two attached hydrogens (primary N) is 1. The monoisotopic (exact) mass is 690 g/mol. The molecular formula is C38H51FN4O5Si. The maximum Gasteiger partial charge on any atom is 0.264 e. The molecule has 1 spiro atoms. The molecule has 5 atom stereocenters. The van der Waals surface area contributed by atoms with Crippen LogP contribution in [-0.4, -0.2) is 68.0 Å². The number of aliphatic hydroxyl groups is 1. The van der Waals surface area contributed by atoms with Crippen molar-refractivity contribution in [3.63, 3.8) is 0 Å². The fourth-order valence-corrected chi connectivity index (χ4v) is 10.4. The third-order valence-electron chi connectivity index (χ3n) is 10.4. The van der Waals surface area contributed by atoms with Crippen LogP contribution < -0.4 is 16.0 Å². The van der Waals surface area contributed by atoms with Crippen LogP contribution in [0.4, 0.5) is 21.2 Å². The summed E-state index contributed by atoms with van der Waals surface area (Å²) in [5.41, 5.74) is 8.64. The molecule has 11 heteroatoms. The Balaban J connectivity index is 1.53. The molecule has 2 aromatic carbocycles. The lowest BCUT2D eigenvalue weighted by Crippen LogP contribution is -2.45. The number of nitrogens with zero attached hydrogens (tertiary/aromatic N) is 2. The van der Waals surface area contributed by atoms with E-state index in [0.717, 1.165) is 24.8 Å². The molecule has 4 N–H and O–H groups in total. The van der Waals surface area contributed by atoms with Gasteiger partial charge in [-0.25, -0.2) is 0 Å². The molecule has 9 nitrogen and oxygen atoms in total. The predicted octanol–water partition coefficient (Wildman–Crippen LogP) is 6.71. The van der Waals surface area contributed by atoms with Crippen LogP contribution in [0.5, 0.6) is 0 Å². The number of amides is 3. The highest BCUT2D eigenvalue weighted by Gasteiger charge is 2.67. The summed E-state index contributed by atoms with van der Waals surface area (Å²) in [7, 11) is -3.51. The zero-order valence-electron chi connectivity index (χ0n) is 29.6. The molecule has 0 radical (unpaired) electrons. The van der Waals surface area contributed by atoms with Gasteiger partial charge in [0.2, 0.25) is 14.3 Å². The molecule has 3 amide bonds. The molecular weight excluding hydrogens is 640 g/mol. The maximum absolute atomic E-state index is 16.4. The van der Waals surface area contributed by atoms with Crippen LogP contribution in [0.25, 0.3) is 0 Å². The van der Waals surface area contributed by atoms with E-state index in [2.05, 4.69) is 25.2 Å². The van der Waals surface area contributed by atoms with Crippen LogP contribution in [-0.2, 0) is 19.9 Å². The number of benzene rings is 2. The van der Waals surface area contributed by atoms with E-state index in [9.17, 15) is 19.5 Å². The van der Waals surface area contributed by atoms with Gasteiger partial charge in [0.1, 0.15) is 0 Å². The number of ether oxygens (including phenoxy) is 1. The second-order valence-corrected chi connectivity index (χ2v) is 18.4. The molecule has 2 saturated heterocycles. The first-order valence-electron chi connectivity index (χ1n) is 17.4. The van der Waals surface area contributed by atoms with Gasteiger partial charge < -0.3 is 34.8 Å². The van der Waals surface area contributed by atoms with Crippen molar-refractivity contribution in [1.29, 1.82) is 0 Å². The zero-order chi connectivity index (χ0) is 35.7. The van der Waals surface area contributed by atoms with Crippen LogP contribution in [0.3, 0.4) is 0 Å². The number of likely N-dealkylation sites (tertiary alicyclic amines) is 1. The highest BCUT2D eigenvalue weighted by molar-refractivity contribution is 6.72. The topological polar surface area (TPSA) is 125 Å². The average Bonchev–Trinajstić information content (AvgIpc) is 3.70. The fraction of sp³-hybridized carbons (Fsp3) is 0.500. The van der Waals surface area contributed by atoms with E-state index in [4.69, 9.17) is 10.5 Å². The van der Waals surface area contributed by atoms with E-state index in [1.165, 1.54) is 5.57 Å². The molecule has 0 bridgehead atoms. The van der Waals surface area contributed by atoms with Gasteiger partial charge in [-0.1, -0.05) is 30.2 Å². The number of halogens is 1. The van der Waals surface area contributed by atoms with E-state index in [0.29, 0.717) is 47.7 Å². The number of allylic oxidation sites excluding steroid dienone is 3. The molecule has 3 heterocycles. The third kappa shape index (κ3) is 7.39. The Morgan fingerprint density at radius 2 is 1.86 bits per heavy atom. The van der Waals surface area contributed by atoms with E-state index >= 15 is 4.11 Å². The third-order valence-corrected chi connectivity index (χ3v) is 12.8. The first kappa shape index (κ1) is 36.5. The van der Waals surface area contributed by atoms with Crippen molar-refractivity contribution in [3.8, 4) is 0 Å². The Kier molecular flexibility index (Phi) is 10.9. The summed E-state index contributed by atoms with van der Waals surface area (Å²) < 4.78 is 23.2. The molecule has 264 valence electrons. The number of nitrogen functional groups attached to an aromatic ring is 1. The number of anilines is 3. The molecule has 5 rings (SSSR count). The molecule has 0 aliphatic carbocycles. The van der Waals surface area contributed by atoms with Gasteiger partial charge in [0.15, 0.2) is 5.60 Å². The summed E-state index contributed by atoms with van der Waals surface area (Å²) in [5.74, 6) is -1.42. The van der Waals surface area contributed by atoms with Gasteiger partial charge in [0, 0.05) is 47.1 Å². The standard InChI is InChI=1S/C38H51FN4O5Si/c1-24(2)9-7-10-25(3)18-20-43-32-17-16-29(41-36(46)27-12-14-28(40)15-13-27)21-31(32)38(37(43)47)26(4)35(49(5,6)39)33(48-38)22-34(45)42-19-8-11-30(42)23-44/h9,12-18,21,26,30,33,35,44H,7-8,10-11,19-20,22-23,40H2,1-6H3,(H,41,46)/b25-18+/t26-,30-,33+,35-,38+/m0/s1. The summed E-state index contributed by atoms with van der Waals surface area (Å²) in [6.07, 6.45) is 6.59. The van der Waals surface area contributed by atoms with Gasteiger partial charge in [0.25, 0.3) is 11.8 Å². The summed E-state index contributed by atoms with van der Waals surface area (Å²) in [5, 5.41) is 12.8. The normalized spacial score (nSPS) is 25.2. The van der Waals surface area contributed by atoms with Crippen molar-refractivity contribution in [2.45, 2.75) is 96.2 Å². The summed E-state index contributed by atoms with van der Waals surface area (Å²) in [6.45, 7) is 12.0. The Hall–Kier alpha value is -3.80. The van der Waals surface area contributed by atoms with Crippen molar-refractivity contribution < 1.29 is 28.3 Å². The molecule has 49 heavy (non-hydrogen) atoms. The maximum atomic E-state index is 16.4. The number of aliphatic hydroxyl groups excluding tert-OH is 1. The molecule has 0 saturated carbocycles. The lowest BCUT2D eigenvalue weighted by atomic mass is 9.82. The SMILES string of the molecule is CC(C)=CCC/C(C)=C/CN1C(=O)[C@]2(O[C@H](CC(=O)N3CCC[C@H]3CO)[C@@H]([Si](C)(C)F)[C@@H]2C)c2cc(NC(=O)c3ccc(N)cc3)ccc21. The van der Waals surface area contributed by atoms with Crippen molar-refractivity contribution >= 4 is 43.2 Å². The van der Waals surface area contributed by atoms with Crippen LogP contribution in [0, 0.1) is 5.92 Å². The molecule has 0 aromatic heterocycles. The molecule has 3 aliphatic heterocycles. The Bertz CT molecular complexity index is 1630. The highest BCUT2D eigenvalue weighted by Crippen LogP contribution is 2.60. The van der Waals surface area contributed by atoms with Gasteiger partial charge in [-0.15, -0.1) is 0 Å². The largest absolute Gasteiger partial charge is 0.399 e. The zero-order valence-corrected chi connectivity index (χ0v) is 30.6. The van der Waals surface area contributed by atoms with E-state index in [-0.39, 0.29) is 36.8 Å². The van der Waals surface area contributed by atoms with Crippen molar-refractivity contribution in [2.75, 3.05) is 35.6 Å². The van der Waals surface area contributed by atoms with Crippen molar-refractivity contribution in [2.24, 2.45) is 5.92 Å². The molecule has 2 fully saturated rings. The number of hydrogen-bond donors (Lipinski definition) is 3. The van der Waals surface area contributed by atoms with Gasteiger partial charge in [0.05, 0.1) is 30.9 Å². The smallest absolute Gasteiger partial charge is 0.264 e.